The minimum Gasteiger partial charge on any atom is -0.370 e. The fourth-order valence-corrected chi connectivity index (χ4v) is 3.50. The Balaban J connectivity index is 1.71. The average molecular weight is 314 g/mol. The van der Waals surface area contributed by atoms with Crippen molar-refractivity contribution in [1.29, 1.82) is 0 Å². The van der Waals surface area contributed by atoms with Gasteiger partial charge in [-0.25, -0.2) is 9.97 Å². The third kappa shape index (κ3) is 3.71. The second kappa shape index (κ2) is 7.01. The molecule has 1 fully saturated rings. The van der Waals surface area contributed by atoms with E-state index in [1.807, 2.05) is 24.8 Å². The van der Waals surface area contributed by atoms with Gasteiger partial charge >= 0.3 is 0 Å². The fourth-order valence-electron chi connectivity index (χ4n) is 2.60. The van der Waals surface area contributed by atoms with Crippen molar-refractivity contribution < 1.29 is 0 Å². The molecule has 5 heteroatoms. The van der Waals surface area contributed by atoms with Gasteiger partial charge in [0.25, 0.3) is 0 Å². The van der Waals surface area contributed by atoms with Crippen LogP contribution in [-0.2, 0) is 6.42 Å². The van der Waals surface area contributed by atoms with Crippen molar-refractivity contribution in [3.8, 4) is 0 Å². The highest BCUT2D eigenvalue weighted by molar-refractivity contribution is 7.99. The Morgan fingerprint density at radius 3 is 2.55 bits per heavy atom. The number of hydrogen-bond donors (Lipinski definition) is 1. The second-order valence-electron chi connectivity index (χ2n) is 5.42. The van der Waals surface area contributed by atoms with Crippen LogP contribution in [0.3, 0.4) is 0 Å². The van der Waals surface area contributed by atoms with Crippen molar-refractivity contribution in [1.82, 2.24) is 9.97 Å². The van der Waals surface area contributed by atoms with Gasteiger partial charge in [0.1, 0.15) is 11.6 Å². The van der Waals surface area contributed by atoms with Crippen LogP contribution in [0.1, 0.15) is 18.4 Å². The molecule has 2 heterocycles. The maximum atomic E-state index is 4.45. The molecule has 0 aliphatic carbocycles. The van der Waals surface area contributed by atoms with E-state index in [9.17, 15) is 0 Å². The summed E-state index contributed by atoms with van der Waals surface area (Å²) in [6.07, 6.45) is 0.921. The summed E-state index contributed by atoms with van der Waals surface area (Å²) in [5, 5.41) is 3.38. The van der Waals surface area contributed by atoms with Gasteiger partial charge in [-0.1, -0.05) is 6.92 Å². The molecule has 0 spiro atoms. The Morgan fingerprint density at radius 2 is 1.86 bits per heavy atom. The van der Waals surface area contributed by atoms with Crippen LogP contribution in [0, 0.1) is 6.92 Å². The molecule has 4 nitrogen and oxygen atoms in total. The van der Waals surface area contributed by atoms with Gasteiger partial charge in [0.2, 0.25) is 0 Å². The lowest BCUT2D eigenvalue weighted by molar-refractivity contribution is 0.859. The zero-order valence-corrected chi connectivity index (χ0v) is 14.0. The van der Waals surface area contributed by atoms with Gasteiger partial charge in [0, 0.05) is 47.7 Å². The lowest BCUT2D eigenvalue weighted by Crippen LogP contribution is -2.32. The number of aryl methyl sites for hydroxylation is 2. The summed E-state index contributed by atoms with van der Waals surface area (Å²) in [6.45, 7) is 6.32. The molecular weight excluding hydrogens is 292 g/mol. The third-order valence-corrected chi connectivity index (χ3v) is 4.71. The Kier molecular flexibility index (Phi) is 4.83. The van der Waals surface area contributed by atoms with Crippen molar-refractivity contribution in [2.75, 3.05) is 34.8 Å². The summed E-state index contributed by atoms with van der Waals surface area (Å²) < 4.78 is 0. The molecular formula is C17H22N4S. The highest BCUT2D eigenvalue weighted by Crippen LogP contribution is 2.23. The van der Waals surface area contributed by atoms with Crippen molar-refractivity contribution in [2.45, 2.75) is 20.3 Å². The quantitative estimate of drug-likeness (QED) is 0.933. The van der Waals surface area contributed by atoms with Crippen LogP contribution < -0.4 is 10.2 Å². The summed E-state index contributed by atoms with van der Waals surface area (Å²) in [5.74, 6) is 4.12. The van der Waals surface area contributed by atoms with Gasteiger partial charge in [0.05, 0.1) is 0 Å². The number of anilines is 3. The van der Waals surface area contributed by atoms with Crippen molar-refractivity contribution in [2.24, 2.45) is 0 Å². The van der Waals surface area contributed by atoms with Crippen molar-refractivity contribution in [3.05, 3.63) is 41.9 Å². The topological polar surface area (TPSA) is 41.0 Å². The molecule has 0 radical (unpaired) electrons. The molecule has 0 unspecified atom stereocenters. The monoisotopic (exact) mass is 314 g/mol. The van der Waals surface area contributed by atoms with Gasteiger partial charge < -0.3 is 10.2 Å². The molecule has 0 amide bonds. The van der Waals surface area contributed by atoms with E-state index in [-0.39, 0.29) is 0 Å². The van der Waals surface area contributed by atoms with Gasteiger partial charge in [-0.2, -0.15) is 11.8 Å². The van der Waals surface area contributed by atoms with Crippen molar-refractivity contribution >= 4 is 29.0 Å². The normalized spacial score (nSPS) is 14.9. The first-order valence-corrected chi connectivity index (χ1v) is 8.94. The number of thioether (sulfide) groups is 1. The third-order valence-electron chi connectivity index (χ3n) is 3.77. The molecule has 0 saturated carbocycles. The molecule has 1 N–H and O–H groups in total. The van der Waals surface area contributed by atoms with Crippen LogP contribution in [0.5, 0.6) is 0 Å². The Hall–Kier alpha value is -1.75. The molecule has 22 heavy (non-hydrogen) atoms. The first-order valence-electron chi connectivity index (χ1n) is 7.79. The molecule has 0 bridgehead atoms. The predicted octanol–water partition coefficient (Wildman–Crippen LogP) is 3.64. The SMILES string of the molecule is CCc1cc(Nc2ccc(N3CCSCC3)cc2)nc(C)n1. The number of nitrogens with one attached hydrogen (secondary N) is 1. The van der Waals surface area contributed by atoms with Crippen LogP contribution in [0.4, 0.5) is 17.2 Å². The summed E-state index contributed by atoms with van der Waals surface area (Å²) >= 11 is 2.03. The highest BCUT2D eigenvalue weighted by atomic mass is 32.2. The summed E-state index contributed by atoms with van der Waals surface area (Å²) in [4.78, 5) is 11.3. The lowest BCUT2D eigenvalue weighted by atomic mass is 10.2. The molecule has 116 valence electrons. The lowest BCUT2D eigenvalue weighted by Gasteiger charge is -2.28. The number of benzene rings is 1. The first-order chi connectivity index (χ1) is 10.7. The van der Waals surface area contributed by atoms with Gasteiger partial charge in [-0.15, -0.1) is 0 Å². The highest BCUT2D eigenvalue weighted by Gasteiger charge is 2.10. The first kappa shape index (κ1) is 15.2. The maximum absolute atomic E-state index is 4.45. The van der Waals surface area contributed by atoms with Gasteiger partial charge in [-0.05, 0) is 37.6 Å². The van der Waals surface area contributed by atoms with E-state index in [4.69, 9.17) is 0 Å². The van der Waals surface area contributed by atoms with Crippen LogP contribution in [0.15, 0.2) is 30.3 Å². The van der Waals surface area contributed by atoms with E-state index in [1.165, 1.54) is 17.2 Å². The standard InChI is InChI=1S/C17H22N4S/c1-3-14-12-17(19-13(2)18-14)20-15-4-6-16(7-5-15)21-8-10-22-11-9-21/h4-7,12H,3,8-11H2,1-2H3,(H,18,19,20). The molecule has 1 aliphatic rings. The average Bonchev–Trinajstić information content (AvgIpc) is 2.56. The predicted molar refractivity (Wildman–Crippen MR) is 95.4 cm³/mol. The van der Waals surface area contributed by atoms with Crippen LogP contribution in [-0.4, -0.2) is 34.6 Å². The molecule has 2 aromatic rings. The van der Waals surface area contributed by atoms with Crippen LogP contribution >= 0.6 is 11.8 Å². The number of hydrogen-bond acceptors (Lipinski definition) is 5. The Bertz CT molecular complexity index is 621. The summed E-state index contributed by atoms with van der Waals surface area (Å²) in [6, 6.07) is 10.6. The van der Waals surface area contributed by atoms with E-state index >= 15 is 0 Å². The second-order valence-corrected chi connectivity index (χ2v) is 6.64. The molecule has 1 saturated heterocycles. The van der Waals surface area contributed by atoms with E-state index in [0.717, 1.165) is 42.5 Å². The molecule has 3 rings (SSSR count). The number of rotatable bonds is 4. The van der Waals surface area contributed by atoms with E-state index in [1.54, 1.807) is 0 Å². The van der Waals surface area contributed by atoms with E-state index < -0.39 is 0 Å². The summed E-state index contributed by atoms with van der Waals surface area (Å²) in [5.41, 5.74) is 3.44. The maximum Gasteiger partial charge on any atom is 0.134 e. The molecule has 1 aliphatic heterocycles. The Labute approximate surface area is 136 Å². The summed E-state index contributed by atoms with van der Waals surface area (Å²) in [7, 11) is 0. The van der Waals surface area contributed by atoms with Crippen molar-refractivity contribution in [3.63, 3.8) is 0 Å². The molecule has 1 aromatic heterocycles. The molecule has 0 atom stereocenters. The molecule has 1 aromatic carbocycles. The number of nitrogens with zero attached hydrogens (tertiary/aromatic N) is 3. The van der Waals surface area contributed by atoms with Crippen LogP contribution in [0.25, 0.3) is 0 Å². The van der Waals surface area contributed by atoms with Gasteiger partial charge in [0.15, 0.2) is 0 Å². The van der Waals surface area contributed by atoms with E-state index in [0.29, 0.717) is 0 Å². The number of aromatic nitrogens is 2. The zero-order chi connectivity index (χ0) is 15.4. The smallest absolute Gasteiger partial charge is 0.134 e. The Morgan fingerprint density at radius 1 is 1.14 bits per heavy atom. The van der Waals surface area contributed by atoms with E-state index in [2.05, 4.69) is 51.4 Å². The minimum absolute atomic E-state index is 0.810. The fraction of sp³-hybridized carbons (Fsp3) is 0.412. The van der Waals surface area contributed by atoms with Crippen LogP contribution in [0.2, 0.25) is 0 Å². The minimum atomic E-state index is 0.810. The zero-order valence-electron chi connectivity index (χ0n) is 13.2. The largest absolute Gasteiger partial charge is 0.370 e. The van der Waals surface area contributed by atoms with Gasteiger partial charge in [-0.3, -0.25) is 0 Å².